The number of aliphatic carboxylic acids is 1. The summed E-state index contributed by atoms with van der Waals surface area (Å²) in [4.78, 5) is 13.8. The van der Waals surface area contributed by atoms with Gasteiger partial charge in [-0.25, -0.2) is 0 Å². The standard InChI is InChI=1S/C24H32ClN3O3/c1-16-11-23(26-27(16)2)18-5-9-20(10-6-18)28-14-22(13-24(29)30)31-15-21(28)12-17-3-7-19(25)8-4-17/h3-4,7-8,11,18,20-22H,5-6,9-10,12-15H2,1-2H3,(H,29,30)/t18?,20?,21-,22-/m0/s1. The zero-order valence-electron chi connectivity index (χ0n) is 18.3. The maximum atomic E-state index is 11.3. The maximum absolute atomic E-state index is 11.3. The summed E-state index contributed by atoms with van der Waals surface area (Å²) in [5.41, 5.74) is 3.64. The van der Waals surface area contributed by atoms with E-state index < -0.39 is 5.97 Å². The van der Waals surface area contributed by atoms with Crippen LogP contribution in [-0.4, -0.2) is 57.1 Å². The first-order chi connectivity index (χ1) is 14.9. The van der Waals surface area contributed by atoms with E-state index in [1.165, 1.54) is 17.0 Å². The third kappa shape index (κ3) is 5.48. The highest BCUT2D eigenvalue weighted by atomic mass is 35.5. The first kappa shape index (κ1) is 22.3. The highest BCUT2D eigenvalue weighted by Crippen LogP contribution is 2.36. The molecule has 2 heterocycles. The second-order valence-electron chi connectivity index (χ2n) is 9.07. The first-order valence-electron chi connectivity index (χ1n) is 11.2. The number of benzene rings is 1. The Balaban J connectivity index is 1.44. The molecule has 2 fully saturated rings. The fraction of sp³-hybridized carbons (Fsp3) is 0.583. The van der Waals surface area contributed by atoms with E-state index in [2.05, 4.69) is 30.0 Å². The van der Waals surface area contributed by atoms with E-state index in [-0.39, 0.29) is 18.6 Å². The van der Waals surface area contributed by atoms with Gasteiger partial charge in [-0.05, 0) is 62.8 Å². The van der Waals surface area contributed by atoms with Gasteiger partial charge in [0.25, 0.3) is 0 Å². The molecular weight excluding hydrogens is 414 g/mol. The minimum atomic E-state index is -0.796. The van der Waals surface area contributed by atoms with Crippen molar-refractivity contribution in [2.75, 3.05) is 13.2 Å². The summed E-state index contributed by atoms with van der Waals surface area (Å²) in [6, 6.07) is 10.9. The van der Waals surface area contributed by atoms with Gasteiger partial charge >= 0.3 is 5.97 Å². The van der Waals surface area contributed by atoms with Crippen molar-refractivity contribution in [3.05, 3.63) is 52.3 Å². The Hall–Kier alpha value is -1.89. The van der Waals surface area contributed by atoms with E-state index in [0.717, 1.165) is 37.1 Å². The molecule has 0 spiro atoms. The number of carboxylic acids is 1. The number of hydrogen-bond acceptors (Lipinski definition) is 4. The lowest BCUT2D eigenvalue weighted by Gasteiger charge is -2.46. The molecule has 0 amide bonds. The topological polar surface area (TPSA) is 67.6 Å². The average Bonchev–Trinajstić information content (AvgIpc) is 3.09. The van der Waals surface area contributed by atoms with Gasteiger partial charge in [0.2, 0.25) is 0 Å². The molecule has 0 unspecified atom stereocenters. The van der Waals surface area contributed by atoms with Crippen LogP contribution in [0.4, 0.5) is 0 Å². The minimum Gasteiger partial charge on any atom is -0.481 e. The quantitative estimate of drug-likeness (QED) is 0.721. The number of ether oxygens (including phenoxy) is 1. The molecule has 1 aliphatic heterocycles. The molecule has 168 valence electrons. The highest BCUT2D eigenvalue weighted by Gasteiger charge is 2.36. The van der Waals surface area contributed by atoms with Crippen molar-refractivity contribution in [1.82, 2.24) is 14.7 Å². The van der Waals surface area contributed by atoms with Gasteiger partial charge < -0.3 is 9.84 Å². The first-order valence-corrected chi connectivity index (χ1v) is 11.6. The number of nitrogens with zero attached hydrogens (tertiary/aromatic N) is 3. The van der Waals surface area contributed by atoms with E-state index in [1.54, 1.807) is 0 Å². The van der Waals surface area contributed by atoms with E-state index in [1.807, 2.05) is 23.9 Å². The molecular formula is C24H32ClN3O3. The van der Waals surface area contributed by atoms with Gasteiger partial charge in [-0.1, -0.05) is 23.7 Å². The lowest BCUT2D eigenvalue weighted by Crippen LogP contribution is -2.55. The lowest BCUT2D eigenvalue weighted by molar-refractivity contribution is -0.145. The van der Waals surface area contributed by atoms with Crippen LogP contribution >= 0.6 is 11.6 Å². The van der Waals surface area contributed by atoms with Crippen LogP contribution in [0.5, 0.6) is 0 Å². The third-order valence-electron chi connectivity index (χ3n) is 6.91. The molecule has 2 atom stereocenters. The molecule has 4 rings (SSSR count). The van der Waals surface area contributed by atoms with E-state index in [9.17, 15) is 9.90 Å². The van der Waals surface area contributed by atoms with Crippen molar-refractivity contribution in [1.29, 1.82) is 0 Å². The molecule has 31 heavy (non-hydrogen) atoms. The largest absolute Gasteiger partial charge is 0.481 e. The monoisotopic (exact) mass is 445 g/mol. The van der Waals surface area contributed by atoms with Crippen molar-refractivity contribution in [2.45, 2.75) is 69.6 Å². The van der Waals surface area contributed by atoms with Crippen LogP contribution in [0.2, 0.25) is 5.02 Å². The minimum absolute atomic E-state index is 0.0622. The van der Waals surface area contributed by atoms with Crippen LogP contribution in [0.25, 0.3) is 0 Å². The van der Waals surface area contributed by atoms with Gasteiger partial charge in [-0.15, -0.1) is 0 Å². The Morgan fingerprint density at radius 3 is 2.55 bits per heavy atom. The molecule has 1 saturated heterocycles. The predicted octanol–water partition coefficient (Wildman–Crippen LogP) is 4.19. The molecule has 2 aromatic rings. The fourth-order valence-corrected chi connectivity index (χ4v) is 5.23. The number of carbonyl (C=O) groups is 1. The van der Waals surface area contributed by atoms with Crippen LogP contribution in [-0.2, 0) is 23.0 Å². The summed E-state index contributed by atoms with van der Waals surface area (Å²) in [6.45, 7) is 3.35. The zero-order chi connectivity index (χ0) is 22.0. The molecule has 1 aromatic carbocycles. The zero-order valence-corrected chi connectivity index (χ0v) is 19.1. The SMILES string of the molecule is Cc1cc(C2CCC(N3C[C@H](CC(=O)O)OC[C@@H]3Cc3ccc(Cl)cc3)CC2)nn1C. The van der Waals surface area contributed by atoms with Gasteiger partial charge in [0, 0.05) is 42.3 Å². The smallest absolute Gasteiger partial charge is 0.306 e. The van der Waals surface area contributed by atoms with Crippen LogP contribution in [0.3, 0.4) is 0 Å². The molecule has 0 bridgehead atoms. The Labute approximate surface area is 189 Å². The Bertz CT molecular complexity index is 870. The van der Waals surface area contributed by atoms with Crippen molar-refractivity contribution < 1.29 is 14.6 Å². The van der Waals surface area contributed by atoms with Crippen molar-refractivity contribution in [3.8, 4) is 0 Å². The Kier molecular flexibility index (Phi) is 6.99. The highest BCUT2D eigenvalue weighted by molar-refractivity contribution is 6.30. The van der Waals surface area contributed by atoms with Gasteiger partial charge in [0.05, 0.1) is 24.8 Å². The number of carboxylic acid groups (broad SMARTS) is 1. The second-order valence-corrected chi connectivity index (χ2v) is 9.51. The van der Waals surface area contributed by atoms with Gasteiger partial charge in [0.1, 0.15) is 0 Å². The van der Waals surface area contributed by atoms with E-state index in [4.69, 9.17) is 21.4 Å². The molecule has 7 heteroatoms. The summed E-state index contributed by atoms with van der Waals surface area (Å²) >= 11 is 6.05. The molecule has 0 radical (unpaired) electrons. The van der Waals surface area contributed by atoms with Crippen LogP contribution in [0, 0.1) is 6.92 Å². The molecule has 2 aliphatic rings. The molecule has 1 aromatic heterocycles. The van der Waals surface area contributed by atoms with Crippen LogP contribution < -0.4 is 0 Å². The van der Waals surface area contributed by atoms with E-state index in [0.29, 0.717) is 25.1 Å². The van der Waals surface area contributed by atoms with Crippen LogP contribution in [0.1, 0.15) is 55.0 Å². The second kappa shape index (κ2) is 9.72. The number of aryl methyl sites for hydroxylation is 2. The predicted molar refractivity (Wildman–Crippen MR) is 121 cm³/mol. The maximum Gasteiger partial charge on any atom is 0.306 e. The van der Waals surface area contributed by atoms with Crippen molar-refractivity contribution in [3.63, 3.8) is 0 Å². The van der Waals surface area contributed by atoms with Crippen LogP contribution in [0.15, 0.2) is 30.3 Å². The van der Waals surface area contributed by atoms with Gasteiger partial charge in [0.15, 0.2) is 0 Å². The molecule has 1 N–H and O–H groups in total. The lowest BCUT2D eigenvalue weighted by atomic mass is 9.82. The van der Waals surface area contributed by atoms with Crippen molar-refractivity contribution >= 4 is 17.6 Å². The number of morpholine rings is 1. The Morgan fingerprint density at radius 1 is 1.23 bits per heavy atom. The normalized spacial score (nSPS) is 27.3. The summed E-state index contributed by atoms with van der Waals surface area (Å²) in [5, 5.41) is 14.7. The Morgan fingerprint density at radius 2 is 1.94 bits per heavy atom. The van der Waals surface area contributed by atoms with E-state index >= 15 is 0 Å². The summed E-state index contributed by atoms with van der Waals surface area (Å²) in [7, 11) is 2.00. The summed E-state index contributed by atoms with van der Waals surface area (Å²) in [5.74, 6) is -0.281. The molecule has 1 saturated carbocycles. The van der Waals surface area contributed by atoms with Gasteiger partial charge in [-0.3, -0.25) is 14.4 Å². The number of hydrogen-bond donors (Lipinski definition) is 1. The molecule has 1 aliphatic carbocycles. The third-order valence-corrected chi connectivity index (χ3v) is 7.16. The molecule has 6 nitrogen and oxygen atoms in total. The van der Waals surface area contributed by atoms with Gasteiger partial charge in [-0.2, -0.15) is 5.10 Å². The fourth-order valence-electron chi connectivity index (χ4n) is 5.11. The number of halogens is 1. The number of aromatic nitrogens is 2. The number of rotatable bonds is 6. The summed E-state index contributed by atoms with van der Waals surface area (Å²) in [6.07, 6.45) is 5.17. The average molecular weight is 446 g/mol. The summed E-state index contributed by atoms with van der Waals surface area (Å²) < 4.78 is 7.92. The van der Waals surface area contributed by atoms with Crippen molar-refractivity contribution in [2.24, 2.45) is 7.05 Å².